The summed E-state index contributed by atoms with van der Waals surface area (Å²) in [6.07, 6.45) is -1.98. The van der Waals surface area contributed by atoms with Crippen molar-refractivity contribution in [2.45, 2.75) is 44.7 Å². The molecule has 1 aliphatic rings. The molecule has 5 atom stereocenters. The van der Waals surface area contributed by atoms with Crippen LogP contribution in [0.1, 0.15) is 53.2 Å². The number of hydrogen-bond acceptors (Lipinski definition) is 8. The molecule has 0 aromatic heterocycles. The Bertz CT molecular complexity index is 1870. The number of aliphatic hydroxyl groups excluding tert-OH is 2. The molecule has 0 spiro atoms. The Morgan fingerprint density at radius 1 is 0.827 bits per heavy atom. The third-order valence-corrected chi connectivity index (χ3v) is 9.15. The molecule has 0 bridgehead atoms. The van der Waals surface area contributed by atoms with Gasteiger partial charge in [0.25, 0.3) is 0 Å². The molecule has 0 saturated carbocycles. The number of phenolic OH excluding ortho intramolecular Hbond substituents is 1. The maximum atomic E-state index is 12.7. The first-order valence-corrected chi connectivity index (χ1v) is 17.4. The molecule has 2 amide bonds. The summed E-state index contributed by atoms with van der Waals surface area (Å²) in [5, 5.41) is 36.1. The van der Waals surface area contributed by atoms with E-state index in [1.807, 2.05) is 90.8 Å². The molecule has 52 heavy (non-hydrogen) atoms. The number of aromatic hydroxyl groups is 1. The van der Waals surface area contributed by atoms with E-state index in [2.05, 4.69) is 17.6 Å². The van der Waals surface area contributed by atoms with E-state index < -0.39 is 12.4 Å². The topological polar surface area (TPSA) is 133 Å². The van der Waals surface area contributed by atoms with Gasteiger partial charge in [0.2, 0.25) is 0 Å². The third-order valence-electron chi connectivity index (χ3n) is 9.15. The number of phenols is 1. The second kappa shape index (κ2) is 17.3. The lowest BCUT2D eigenvalue weighted by Crippen LogP contribution is -2.44. The Morgan fingerprint density at radius 3 is 2.19 bits per heavy atom. The van der Waals surface area contributed by atoms with E-state index in [1.165, 1.54) is 0 Å². The zero-order valence-corrected chi connectivity index (χ0v) is 29.3. The summed E-state index contributed by atoms with van der Waals surface area (Å²) < 4.78 is 19.0. The zero-order chi connectivity index (χ0) is 36.5. The number of carbonyl (C=O) groups is 1. The van der Waals surface area contributed by atoms with Crippen LogP contribution in [0.5, 0.6) is 17.2 Å². The Balaban J connectivity index is 1.07. The fourth-order valence-electron chi connectivity index (χ4n) is 6.22. The van der Waals surface area contributed by atoms with E-state index in [-0.39, 0.29) is 36.5 Å². The summed E-state index contributed by atoms with van der Waals surface area (Å²) in [6.45, 7) is 3.25. The summed E-state index contributed by atoms with van der Waals surface area (Å²) in [6, 6.07) is 38.5. The maximum absolute atomic E-state index is 12.7. The van der Waals surface area contributed by atoms with E-state index in [9.17, 15) is 20.1 Å². The molecule has 5 N–H and O–H groups in total. The van der Waals surface area contributed by atoms with Crippen LogP contribution in [0.4, 0.5) is 10.5 Å². The average molecular weight is 704 g/mol. The summed E-state index contributed by atoms with van der Waals surface area (Å²) in [5.74, 6) is 1.49. The van der Waals surface area contributed by atoms with Crippen LogP contribution < -0.4 is 15.4 Å². The normalized spacial score (nSPS) is 19.2. The standard InChI is InChI=1S/C42H45N3O7/c1-28-39(26-45(2)25-38(48)33-7-6-8-35(47)23-33)51-41(52-40(28)31-15-13-30(27-46)14-16-31)32-17-11-29(12-18-32)24-43-42(49)44-34-19-21-37(22-20-34)50-36-9-4-3-5-10-36/h3-23,28,38-41,46-48H,24-27H2,1-2H3,(H2,43,44,49)/t28-,38-,39+,40+,41+/m1/s1. The van der Waals surface area contributed by atoms with Crippen LogP contribution in [0.25, 0.3) is 0 Å². The summed E-state index contributed by atoms with van der Waals surface area (Å²) in [7, 11) is 1.94. The van der Waals surface area contributed by atoms with Crippen LogP contribution in [-0.4, -0.2) is 52.5 Å². The zero-order valence-electron chi connectivity index (χ0n) is 29.3. The van der Waals surface area contributed by atoms with Crippen molar-refractivity contribution in [1.82, 2.24) is 10.2 Å². The highest BCUT2D eigenvalue weighted by Crippen LogP contribution is 2.42. The number of nitrogens with one attached hydrogen (secondary N) is 2. The van der Waals surface area contributed by atoms with E-state index in [4.69, 9.17) is 14.2 Å². The van der Waals surface area contributed by atoms with Gasteiger partial charge in [0.15, 0.2) is 6.29 Å². The van der Waals surface area contributed by atoms with Gasteiger partial charge < -0.3 is 45.1 Å². The Morgan fingerprint density at radius 2 is 1.50 bits per heavy atom. The van der Waals surface area contributed by atoms with Crippen LogP contribution in [0.15, 0.2) is 127 Å². The molecule has 1 heterocycles. The number of hydrogen-bond donors (Lipinski definition) is 5. The minimum Gasteiger partial charge on any atom is -0.508 e. The third kappa shape index (κ3) is 9.75. The number of anilines is 1. The monoisotopic (exact) mass is 703 g/mol. The van der Waals surface area contributed by atoms with Gasteiger partial charge in [0, 0.05) is 36.8 Å². The number of rotatable bonds is 13. The molecular formula is C42H45N3O7. The highest BCUT2D eigenvalue weighted by molar-refractivity contribution is 5.89. The molecule has 5 aromatic rings. The molecule has 1 saturated heterocycles. The van der Waals surface area contributed by atoms with Crippen LogP contribution in [0, 0.1) is 5.92 Å². The van der Waals surface area contributed by atoms with Crippen LogP contribution >= 0.6 is 0 Å². The lowest BCUT2D eigenvalue weighted by Gasteiger charge is -2.42. The van der Waals surface area contributed by atoms with Gasteiger partial charge in [-0.15, -0.1) is 0 Å². The molecular weight excluding hydrogens is 658 g/mol. The number of para-hydroxylation sites is 1. The second-order valence-corrected chi connectivity index (χ2v) is 13.1. The van der Waals surface area contributed by atoms with Crippen molar-refractivity contribution in [3.63, 3.8) is 0 Å². The fourth-order valence-corrected chi connectivity index (χ4v) is 6.22. The van der Waals surface area contributed by atoms with Gasteiger partial charge in [-0.25, -0.2) is 4.79 Å². The summed E-state index contributed by atoms with van der Waals surface area (Å²) >= 11 is 0. The highest BCUT2D eigenvalue weighted by Gasteiger charge is 2.39. The van der Waals surface area contributed by atoms with E-state index in [1.54, 1.807) is 48.5 Å². The Kier molecular flexibility index (Phi) is 12.2. The molecule has 1 fully saturated rings. The lowest BCUT2D eigenvalue weighted by atomic mass is 9.90. The van der Waals surface area contributed by atoms with E-state index in [0.29, 0.717) is 36.6 Å². The smallest absolute Gasteiger partial charge is 0.319 e. The van der Waals surface area contributed by atoms with Gasteiger partial charge in [-0.05, 0) is 77.8 Å². The lowest BCUT2D eigenvalue weighted by molar-refractivity contribution is -0.276. The number of aliphatic hydroxyl groups is 2. The molecule has 10 heteroatoms. The van der Waals surface area contributed by atoms with Crippen molar-refractivity contribution in [3.8, 4) is 17.2 Å². The number of carbonyl (C=O) groups excluding carboxylic acids is 1. The number of ether oxygens (including phenoxy) is 3. The minimum absolute atomic E-state index is 0.0360. The molecule has 270 valence electrons. The first-order chi connectivity index (χ1) is 25.2. The van der Waals surface area contributed by atoms with Crippen molar-refractivity contribution >= 4 is 11.7 Å². The van der Waals surface area contributed by atoms with Crippen LogP contribution in [0.3, 0.4) is 0 Å². The fraction of sp³-hybridized carbons (Fsp3) is 0.262. The van der Waals surface area contributed by atoms with Gasteiger partial charge in [-0.1, -0.05) is 85.8 Å². The quantitative estimate of drug-likeness (QED) is 0.0854. The highest BCUT2D eigenvalue weighted by atomic mass is 16.7. The maximum Gasteiger partial charge on any atom is 0.319 e. The number of amides is 2. The molecule has 0 aliphatic carbocycles. The number of urea groups is 1. The van der Waals surface area contributed by atoms with Crippen LogP contribution in [0.2, 0.25) is 0 Å². The molecule has 6 rings (SSSR count). The van der Waals surface area contributed by atoms with Crippen LogP contribution in [-0.2, 0) is 22.6 Å². The molecule has 0 unspecified atom stereocenters. The molecule has 0 radical (unpaired) electrons. The van der Waals surface area contributed by atoms with Crippen molar-refractivity contribution in [3.05, 3.63) is 155 Å². The molecule has 5 aromatic carbocycles. The predicted octanol–water partition coefficient (Wildman–Crippen LogP) is 7.46. The van der Waals surface area contributed by atoms with E-state index >= 15 is 0 Å². The van der Waals surface area contributed by atoms with Gasteiger partial charge in [0.05, 0.1) is 24.9 Å². The summed E-state index contributed by atoms with van der Waals surface area (Å²) in [4.78, 5) is 14.7. The molecule has 10 nitrogen and oxygen atoms in total. The van der Waals surface area contributed by atoms with Gasteiger partial charge >= 0.3 is 6.03 Å². The number of nitrogens with zero attached hydrogens (tertiary/aromatic N) is 1. The first kappa shape index (κ1) is 36.6. The number of likely N-dealkylation sites (N-methyl/N-ethyl adjacent to an activating group) is 1. The SMILES string of the molecule is C[C@@H]1[C@H](CN(C)C[C@@H](O)c2cccc(O)c2)O[C@H](c2ccc(CNC(=O)Nc3ccc(Oc4ccccc4)cc3)cc2)O[C@@H]1c1ccc(CO)cc1. The van der Waals surface area contributed by atoms with Crippen molar-refractivity contribution < 1.29 is 34.3 Å². The van der Waals surface area contributed by atoms with Crippen molar-refractivity contribution in [2.24, 2.45) is 5.92 Å². The first-order valence-electron chi connectivity index (χ1n) is 17.4. The number of benzene rings is 5. The van der Waals surface area contributed by atoms with E-state index in [0.717, 1.165) is 28.0 Å². The average Bonchev–Trinajstić information content (AvgIpc) is 3.16. The van der Waals surface area contributed by atoms with Gasteiger partial charge in [0.1, 0.15) is 17.2 Å². The Hall–Kier alpha value is -5.23. The Labute approximate surface area is 304 Å². The minimum atomic E-state index is -0.784. The predicted molar refractivity (Wildman–Crippen MR) is 199 cm³/mol. The summed E-state index contributed by atoms with van der Waals surface area (Å²) in [5.41, 5.74) is 4.83. The molecule has 1 aliphatic heterocycles. The second-order valence-electron chi connectivity index (χ2n) is 13.1. The van der Waals surface area contributed by atoms with Gasteiger partial charge in [-0.2, -0.15) is 0 Å². The van der Waals surface area contributed by atoms with Gasteiger partial charge in [-0.3, -0.25) is 0 Å². The largest absolute Gasteiger partial charge is 0.508 e. The van der Waals surface area contributed by atoms with Crippen molar-refractivity contribution in [2.75, 3.05) is 25.5 Å². The van der Waals surface area contributed by atoms with Crippen molar-refractivity contribution in [1.29, 1.82) is 0 Å².